The lowest BCUT2D eigenvalue weighted by Crippen LogP contribution is -2.35. The Hall–Kier alpha value is -2.17. The molecule has 0 aliphatic carbocycles. The topological polar surface area (TPSA) is 41.2 Å². The largest absolute Gasteiger partial charge is 0.379 e. The van der Waals surface area contributed by atoms with Crippen LogP contribution in [0, 0.1) is 0 Å². The molecule has 4 nitrogen and oxygen atoms in total. The smallest absolute Gasteiger partial charge is 0.0656 e. The van der Waals surface area contributed by atoms with Crippen LogP contribution in [0.4, 0.5) is 0 Å². The summed E-state index contributed by atoms with van der Waals surface area (Å²) in [5.41, 5.74) is 4.89. The fraction of sp³-hybridized carbons (Fsp3) is 0.278. The van der Waals surface area contributed by atoms with E-state index in [0.29, 0.717) is 0 Å². The van der Waals surface area contributed by atoms with Crippen LogP contribution in [0.2, 0.25) is 0 Å². The van der Waals surface area contributed by atoms with Gasteiger partial charge in [0, 0.05) is 25.0 Å². The quantitative estimate of drug-likeness (QED) is 0.807. The second-order valence-corrected chi connectivity index (χ2v) is 5.76. The molecule has 1 aliphatic rings. The molecule has 4 heteroatoms. The molecule has 0 saturated carbocycles. The SMILES string of the molecule is c1cc(-c2ccc3cn[nH]c3c2)ccc1CN1CCOCC1. The highest BCUT2D eigenvalue weighted by atomic mass is 16.5. The van der Waals surface area contributed by atoms with Crippen molar-refractivity contribution in [2.24, 2.45) is 0 Å². The summed E-state index contributed by atoms with van der Waals surface area (Å²) in [7, 11) is 0. The van der Waals surface area contributed by atoms with Crippen LogP contribution in [0.15, 0.2) is 48.7 Å². The van der Waals surface area contributed by atoms with Crippen LogP contribution in [-0.4, -0.2) is 41.4 Å². The Morgan fingerprint density at radius 3 is 2.59 bits per heavy atom. The third-order valence-corrected chi connectivity index (χ3v) is 4.24. The summed E-state index contributed by atoms with van der Waals surface area (Å²) in [6, 6.07) is 15.3. The van der Waals surface area contributed by atoms with Crippen molar-refractivity contribution >= 4 is 10.9 Å². The first kappa shape index (κ1) is 13.5. The average Bonchev–Trinajstić information content (AvgIpc) is 3.04. The maximum atomic E-state index is 5.39. The predicted octanol–water partition coefficient (Wildman–Crippen LogP) is 3.06. The number of aromatic nitrogens is 2. The van der Waals surface area contributed by atoms with E-state index >= 15 is 0 Å². The first-order chi connectivity index (χ1) is 10.9. The van der Waals surface area contributed by atoms with Crippen LogP contribution in [0.25, 0.3) is 22.0 Å². The molecule has 3 aromatic rings. The van der Waals surface area contributed by atoms with E-state index in [1.165, 1.54) is 16.7 Å². The van der Waals surface area contributed by atoms with Crippen LogP contribution >= 0.6 is 0 Å². The number of benzene rings is 2. The van der Waals surface area contributed by atoms with Crippen LogP contribution in [0.1, 0.15) is 5.56 Å². The van der Waals surface area contributed by atoms with Crippen molar-refractivity contribution in [1.29, 1.82) is 0 Å². The van der Waals surface area contributed by atoms with Gasteiger partial charge in [-0.05, 0) is 22.8 Å². The zero-order valence-electron chi connectivity index (χ0n) is 12.5. The van der Waals surface area contributed by atoms with E-state index in [1.54, 1.807) is 0 Å². The summed E-state index contributed by atoms with van der Waals surface area (Å²) in [5, 5.41) is 8.25. The molecule has 2 heterocycles. The van der Waals surface area contributed by atoms with Crippen LogP contribution < -0.4 is 0 Å². The second-order valence-electron chi connectivity index (χ2n) is 5.76. The Bertz CT molecular complexity index is 757. The van der Waals surface area contributed by atoms with Crippen LogP contribution in [-0.2, 0) is 11.3 Å². The van der Waals surface area contributed by atoms with Gasteiger partial charge in [0.2, 0.25) is 0 Å². The highest BCUT2D eigenvalue weighted by Crippen LogP contribution is 2.24. The molecular weight excluding hydrogens is 274 g/mol. The zero-order valence-corrected chi connectivity index (χ0v) is 12.5. The highest BCUT2D eigenvalue weighted by molar-refractivity contribution is 5.83. The first-order valence-corrected chi connectivity index (χ1v) is 7.71. The number of morpholine rings is 1. The van der Waals surface area contributed by atoms with Crippen molar-refractivity contribution in [3.05, 3.63) is 54.2 Å². The van der Waals surface area contributed by atoms with Gasteiger partial charge in [-0.1, -0.05) is 36.4 Å². The van der Waals surface area contributed by atoms with Crippen molar-refractivity contribution in [2.75, 3.05) is 26.3 Å². The average molecular weight is 293 g/mol. The fourth-order valence-electron chi connectivity index (χ4n) is 2.94. The van der Waals surface area contributed by atoms with E-state index in [9.17, 15) is 0 Å². The van der Waals surface area contributed by atoms with Crippen molar-refractivity contribution in [3.63, 3.8) is 0 Å². The van der Waals surface area contributed by atoms with E-state index < -0.39 is 0 Å². The number of hydrogen-bond donors (Lipinski definition) is 1. The monoisotopic (exact) mass is 293 g/mol. The molecule has 112 valence electrons. The fourth-order valence-corrected chi connectivity index (χ4v) is 2.94. The van der Waals surface area contributed by atoms with Crippen molar-refractivity contribution in [2.45, 2.75) is 6.54 Å². The third-order valence-electron chi connectivity index (χ3n) is 4.24. The van der Waals surface area contributed by atoms with Crippen molar-refractivity contribution in [1.82, 2.24) is 15.1 Å². The third kappa shape index (κ3) is 2.75. The molecular formula is C18H19N3O. The van der Waals surface area contributed by atoms with Gasteiger partial charge in [-0.15, -0.1) is 0 Å². The summed E-state index contributed by atoms with van der Waals surface area (Å²) < 4.78 is 5.39. The molecule has 0 unspecified atom stereocenters. The predicted molar refractivity (Wildman–Crippen MR) is 87.6 cm³/mol. The molecule has 0 bridgehead atoms. The van der Waals surface area contributed by atoms with Gasteiger partial charge >= 0.3 is 0 Å². The molecule has 0 atom stereocenters. The molecule has 1 fully saturated rings. The number of ether oxygens (including phenoxy) is 1. The summed E-state index contributed by atoms with van der Waals surface area (Å²) in [6.07, 6.45) is 1.85. The minimum atomic E-state index is 0.849. The van der Waals surface area contributed by atoms with Gasteiger partial charge in [-0.3, -0.25) is 10.00 Å². The molecule has 0 radical (unpaired) electrons. The number of aromatic amines is 1. The standard InChI is InChI=1S/C18H19N3O/c1-3-15(16-5-6-17-12-19-20-18(17)11-16)4-2-14(1)13-21-7-9-22-10-8-21/h1-6,11-12H,7-10,13H2,(H,19,20). The first-order valence-electron chi connectivity index (χ1n) is 7.71. The Kier molecular flexibility index (Phi) is 3.62. The summed E-state index contributed by atoms with van der Waals surface area (Å²) in [5.74, 6) is 0. The maximum Gasteiger partial charge on any atom is 0.0656 e. The Balaban J connectivity index is 1.53. The van der Waals surface area contributed by atoms with Crippen molar-refractivity contribution < 1.29 is 4.74 Å². The van der Waals surface area contributed by atoms with Gasteiger partial charge in [0.1, 0.15) is 0 Å². The molecule has 1 N–H and O–H groups in total. The Labute approximate surface area is 129 Å². The van der Waals surface area contributed by atoms with Gasteiger partial charge < -0.3 is 4.74 Å². The molecule has 0 spiro atoms. The summed E-state index contributed by atoms with van der Waals surface area (Å²) >= 11 is 0. The second kappa shape index (κ2) is 5.91. The lowest BCUT2D eigenvalue weighted by Gasteiger charge is -2.26. The summed E-state index contributed by atoms with van der Waals surface area (Å²) in [4.78, 5) is 2.44. The number of nitrogens with zero attached hydrogens (tertiary/aromatic N) is 2. The lowest BCUT2D eigenvalue weighted by atomic mass is 10.0. The molecule has 4 rings (SSSR count). The van der Waals surface area contributed by atoms with E-state index in [1.807, 2.05) is 6.20 Å². The lowest BCUT2D eigenvalue weighted by molar-refractivity contribution is 0.0342. The molecule has 0 amide bonds. The Morgan fingerprint density at radius 1 is 1.00 bits per heavy atom. The number of fused-ring (bicyclic) bond motifs is 1. The number of rotatable bonds is 3. The van der Waals surface area contributed by atoms with Gasteiger partial charge in [0.25, 0.3) is 0 Å². The van der Waals surface area contributed by atoms with Gasteiger partial charge in [-0.2, -0.15) is 5.10 Å². The van der Waals surface area contributed by atoms with Gasteiger partial charge in [-0.25, -0.2) is 0 Å². The molecule has 1 saturated heterocycles. The summed E-state index contributed by atoms with van der Waals surface area (Å²) in [6.45, 7) is 4.75. The molecule has 2 aromatic carbocycles. The molecule has 1 aromatic heterocycles. The van der Waals surface area contributed by atoms with E-state index in [-0.39, 0.29) is 0 Å². The van der Waals surface area contributed by atoms with Gasteiger partial charge in [0.05, 0.1) is 24.9 Å². The van der Waals surface area contributed by atoms with Crippen molar-refractivity contribution in [3.8, 4) is 11.1 Å². The van der Waals surface area contributed by atoms with E-state index in [2.05, 4.69) is 57.6 Å². The number of H-pyrrole nitrogens is 1. The minimum absolute atomic E-state index is 0.849. The number of hydrogen-bond acceptors (Lipinski definition) is 3. The van der Waals surface area contributed by atoms with Crippen LogP contribution in [0.5, 0.6) is 0 Å². The minimum Gasteiger partial charge on any atom is -0.379 e. The zero-order chi connectivity index (χ0) is 14.8. The maximum absolute atomic E-state index is 5.39. The normalized spacial score (nSPS) is 16.2. The Morgan fingerprint density at radius 2 is 1.77 bits per heavy atom. The van der Waals surface area contributed by atoms with E-state index in [4.69, 9.17) is 4.74 Å². The highest BCUT2D eigenvalue weighted by Gasteiger charge is 2.10. The van der Waals surface area contributed by atoms with E-state index in [0.717, 1.165) is 43.8 Å². The van der Waals surface area contributed by atoms with Crippen LogP contribution in [0.3, 0.4) is 0 Å². The van der Waals surface area contributed by atoms with Gasteiger partial charge in [0.15, 0.2) is 0 Å². The molecule has 22 heavy (non-hydrogen) atoms. The number of nitrogens with one attached hydrogen (secondary N) is 1. The molecule has 1 aliphatic heterocycles.